The smallest absolute Gasteiger partial charge is 0.271 e. The lowest BCUT2D eigenvalue weighted by Crippen LogP contribution is -2.29. The molecule has 0 radical (unpaired) electrons. The summed E-state index contributed by atoms with van der Waals surface area (Å²) in [6.45, 7) is 0. The van der Waals surface area contributed by atoms with Crippen molar-refractivity contribution in [2.45, 2.75) is 18.6 Å². The van der Waals surface area contributed by atoms with Crippen LogP contribution < -0.4 is 11.3 Å². The molecule has 0 saturated heterocycles. The fraction of sp³-hybridized carbons (Fsp3) is 0.231. The van der Waals surface area contributed by atoms with Gasteiger partial charge in [0.15, 0.2) is 0 Å². The molecule has 1 unspecified atom stereocenters. The minimum atomic E-state index is -4.33. The summed E-state index contributed by atoms with van der Waals surface area (Å²) >= 11 is 4.85. The maximum absolute atomic E-state index is 12.7. The van der Waals surface area contributed by atoms with Crippen LogP contribution in [0.15, 0.2) is 40.2 Å². The average molecular weight is 365 g/mol. The van der Waals surface area contributed by atoms with Crippen LogP contribution in [0.2, 0.25) is 0 Å². The molecule has 0 saturated carbocycles. The second kappa shape index (κ2) is 6.26. The minimum Gasteiger partial charge on any atom is -0.271 e. The molecule has 3 N–H and O–H groups in total. The molecule has 2 aromatic rings. The number of benzene rings is 1. The van der Waals surface area contributed by atoms with Gasteiger partial charge in [-0.3, -0.25) is 11.3 Å². The topological polar surface area (TPSA) is 38.0 Å². The molecule has 1 aromatic carbocycles. The van der Waals surface area contributed by atoms with Gasteiger partial charge in [0.1, 0.15) is 0 Å². The van der Waals surface area contributed by atoms with Crippen molar-refractivity contribution >= 4 is 27.3 Å². The SMILES string of the molecule is NNC(Cc1cccc(C(F)(F)F)c1)c1cc(Br)cs1. The lowest BCUT2D eigenvalue weighted by atomic mass is 10.0. The van der Waals surface area contributed by atoms with Crippen molar-refractivity contribution in [1.29, 1.82) is 0 Å². The molecule has 1 atom stereocenters. The van der Waals surface area contributed by atoms with Gasteiger partial charge < -0.3 is 0 Å². The standard InChI is InChI=1S/C13H12BrF3N2S/c14-10-6-12(20-7-10)11(19-18)5-8-2-1-3-9(4-8)13(15,16)17/h1-4,6-7,11,19H,5,18H2. The first-order valence-electron chi connectivity index (χ1n) is 5.76. The van der Waals surface area contributed by atoms with Gasteiger partial charge in [-0.1, -0.05) is 18.2 Å². The van der Waals surface area contributed by atoms with Crippen molar-refractivity contribution in [2.24, 2.45) is 5.84 Å². The summed E-state index contributed by atoms with van der Waals surface area (Å²) < 4.78 is 38.9. The average Bonchev–Trinajstić information content (AvgIpc) is 2.82. The molecule has 1 heterocycles. The van der Waals surface area contributed by atoms with E-state index in [0.717, 1.165) is 21.5 Å². The van der Waals surface area contributed by atoms with Gasteiger partial charge >= 0.3 is 6.18 Å². The van der Waals surface area contributed by atoms with Crippen molar-refractivity contribution in [2.75, 3.05) is 0 Å². The van der Waals surface area contributed by atoms with Crippen LogP contribution >= 0.6 is 27.3 Å². The number of nitrogens with two attached hydrogens (primary N) is 1. The van der Waals surface area contributed by atoms with Gasteiger partial charge in [0.25, 0.3) is 0 Å². The second-order valence-corrected chi connectivity index (χ2v) is 6.15. The molecular formula is C13H12BrF3N2S. The van der Waals surface area contributed by atoms with Crippen LogP contribution in [0.25, 0.3) is 0 Å². The van der Waals surface area contributed by atoms with Crippen LogP contribution in [0.1, 0.15) is 22.0 Å². The number of hydrazine groups is 1. The zero-order chi connectivity index (χ0) is 14.8. The third-order valence-corrected chi connectivity index (χ3v) is 4.63. The van der Waals surface area contributed by atoms with Crippen LogP contribution in [0.5, 0.6) is 0 Å². The van der Waals surface area contributed by atoms with Crippen LogP contribution in [-0.4, -0.2) is 0 Å². The normalized spacial score (nSPS) is 13.4. The number of hydrogen-bond donors (Lipinski definition) is 2. The molecule has 0 amide bonds. The van der Waals surface area contributed by atoms with E-state index >= 15 is 0 Å². The molecule has 108 valence electrons. The maximum atomic E-state index is 12.7. The Kier molecular flexibility index (Phi) is 4.85. The summed E-state index contributed by atoms with van der Waals surface area (Å²) in [7, 11) is 0. The third kappa shape index (κ3) is 3.82. The number of halogens is 4. The van der Waals surface area contributed by atoms with E-state index in [2.05, 4.69) is 21.4 Å². The van der Waals surface area contributed by atoms with Gasteiger partial charge in [-0.05, 0) is 40.0 Å². The summed E-state index contributed by atoms with van der Waals surface area (Å²) in [6, 6.07) is 7.00. The van der Waals surface area contributed by atoms with Gasteiger partial charge in [0.2, 0.25) is 0 Å². The van der Waals surface area contributed by atoms with Gasteiger partial charge in [-0.15, -0.1) is 11.3 Å². The van der Waals surface area contributed by atoms with Crippen LogP contribution in [0.3, 0.4) is 0 Å². The zero-order valence-electron chi connectivity index (χ0n) is 10.2. The number of nitrogens with one attached hydrogen (secondary N) is 1. The van der Waals surface area contributed by atoms with Crippen LogP contribution in [0.4, 0.5) is 13.2 Å². The molecule has 7 heteroatoms. The molecule has 20 heavy (non-hydrogen) atoms. The maximum Gasteiger partial charge on any atom is 0.416 e. The Hall–Kier alpha value is -0.890. The Bertz CT molecular complexity index is 583. The molecule has 2 nitrogen and oxygen atoms in total. The molecule has 0 bridgehead atoms. The number of alkyl halides is 3. The molecule has 0 spiro atoms. The lowest BCUT2D eigenvalue weighted by Gasteiger charge is -2.15. The molecular weight excluding hydrogens is 353 g/mol. The first-order chi connectivity index (χ1) is 9.40. The van der Waals surface area contributed by atoms with Crippen molar-refractivity contribution in [3.63, 3.8) is 0 Å². The summed E-state index contributed by atoms with van der Waals surface area (Å²) in [5, 5.41) is 1.91. The highest BCUT2D eigenvalue weighted by Gasteiger charge is 2.30. The van der Waals surface area contributed by atoms with E-state index in [1.54, 1.807) is 6.07 Å². The van der Waals surface area contributed by atoms with E-state index < -0.39 is 11.7 Å². The first kappa shape index (κ1) is 15.5. The minimum absolute atomic E-state index is 0.213. The fourth-order valence-electron chi connectivity index (χ4n) is 1.86. The molecule has 2 rings (SSSR count). The predicted molar refractivity (Wildman–Crippen MR) is 77.2 cm³/mol. The Labute approximate surface area is 126 Å². The van der Waals surface area contributed by atoms with Crippen molar-refractivity contribution in [1.82, 2.24) is 5.43 Å². The van der Waals surface area contributed by atoms with E-state index in [0.29, 0.717) is 12.0 Å². The first-order valence-corrected chi connectivity index (χ1v) is 7.43. The van der Waals surface area contributed by atoms with Crippen LogP contribution in [-0.2, 0) is 12.6 Å². The van der Waals surface area contributed by atoms with Gasteiger partial charge in [0, 0.05) is 14.7 Å². The number of rotatable bonds is 4. The van der Waals surface area contributed by atoms with Crippen LogP contribution in [0, 0.1) is 0 Å². The largest absolute Gasteiger partial charge is 0.416 e. The van der Waals surface area contributed by atoms with Crippen molar-refractivity contribution in [3.8, 4) is 0 Å². The summed E-state index contributed by atoms with van der Waals surface area (Å²) in [4.78, 5) is 0.969. The second-order valence-electron chi connectivity index (χ2n) is 4.29. The molecule has 0 aliphatic carbocycles. The number of thiophene rings is 1. The summed E-state index contributed by atoms with van der Waals surface area (Å²) in [5.41, 5.74) is 2.60. The Morgan fingerprint density at radius 1 is 1.30 bits per heavy atom. The molecule has 1 aromatic heterocycles. The Balaban J connectivity index is 2.20. The van der Waals surface area contributed by atoms with Crippen molar-refractivity contribution < 1.29 is 13.2 Å². The van der Waals surface area contributed by atoms with E-state index in [-0.39, 0.29) is 6.04 Å². The monoisotopic (exact) mass is 364 g/mol. The van der Waals surface area contributed by atoms with Gasteiger partial charge in [-0.2, -0.15) is 13.2 Å². The highest BCUT2D eigenvalue weighted by atomic mass is 79.9. The van der Waals surface area contributed by atoms with Gasteiger partial charge in [-0.25, -0.2) is 0 Å². The molecule has 0 aliphatic heterocycles. The van der Waals surface area contributed by atoms with Crippen molar-refractivity contribution in [3.05, 3.63) is 56.2 Å². The van der Waals surface area contributed by atoms with E-state index in [1.165, 1.54) is 17.4 Å². The Morgan fingerprint density at radius 3 is 2.60 bits per heavy atom. The Morgan fingerprint density at radius 2 is 2.05 bits per heavy atom. The molecule has 0 aliphatic rings. The third-order valence-electron chi connectivity index (χ3n) is 2.83. The van der Waals surface area contributed by atoms with E-state index in [4.69, 9.17) is 5.84 Å². The summed E-state index contributed by atoms with van der Waals surface area (Å²) in [5.74, 6) is 5.50. The van der Waals surface area contributed by atoms with E-state index in [1.807, 2.05) is 11.4 Å². The highest BCUT2D eigenvalue weighted by molar-refractivity contribution is 9.10. The quantitative estimate of drug-likeness (QED) is 0.627. The van der Waals surface area contributed by atoms with E-state index in [9.17, 15) is 13.2 Å². The lowest BCUT2D eigenvalue weighted by molar-refractivity contribution is -0.137. The van der Waals surface area contributed by atoms with Gasteiger partial charge in [0.05, 0.1) is 11.6 Å². The summed E-state index contributed by atoms with van der Waals surface area (Å²) in [6.07, 6.45) is -3.93. The zero-order valence-corrected chi connectivity index (χ0v) is 12.6. The number of hydrogen-bond acceptors (Lipinski definition) is 3. The fourth-order valence-corrected chi connectivity index (χ4v) is 3.37. The molecule has 0 fully saturated rings. The highest BCUT2D eigenvalue weighted by Crippen LogP contribution is 2.31. The predicted octanol–water partition coefficient (Wildman–Crippen LogP) is 4.28.